The molecule has 1 amide bonds. The summed E-state index contributed by atoms with van der Waals surface area (Å²) >= 11 is 7.74. The van der Waals surface area contributed by atoms with E-state index < -0.39 is 10.0 Å². The van der Waals surface area contributed by atoms with Crippen molar-refractivity contribution in [2.75, 3.05) is 18.0 Å². The fraction of sp³-hybridized carbons (Fsp3) is 0.286. The van der Waals surface area contributed by atoms with E-state index in [-0.39, 0.29) is 10.8 Å². The third-order valence-corrected chi connectivity index (χ3v) is 10.1. The van der Waals surface area contributed by atoms with Gasteiger partial charge in [-0.1, -0.05) is 60.2 Å². The maximum Gasteiger partial charge on any atom is 0.260 e. The molecule has 1 atom stereocenters. The average Bonchev–Trinajstić information content (AvgIpc) is 3.34. The number of aromatic nitrogens is 1. The van der Waals surface area contributed by atoms with Gasteiger partial charge >= 0.3 is 0 Å². The molecule has 4 aromatic rings. The molecule has 3 aromatic carbocycles. The fourth-order valence-electron chi connectivity index (χ4n) is 4.64. The van der Waals surface area contributed by atoms with E-state index in [0.29, 0.717) is 41.3 Å². The van der Waals surface area contributed by atoms with Crippen LogP contribution in [0.3, 0.4) is 0 Å². The highest BCUT2D eigenvalue weighted by Crippen LogP contribution is 2.35. The van der Waals surface area contributed by atoms with Gasteiger partial charge in [-0.3, -0.25) is 9.69 Å². The molecule has 1 fully saturated rings. The summed E-state index contributed by atoms with van der Waals surface area (Å²) in [5.74, 6) is 0.0884. The van der Waals surface area contributed by atoms with Crippen molar-refractivity contribution in [3.05, 3.63) is 88.4 Å². The number of sulfonamides is 1. The first-order valence-corrected chi connectivity index (χ1v) is 14.9. The lowest BCUT2D eigenvalue weighted by atomic mass is 10.0. The molecule has 1 aromatic heterocycles. The van der Waals surface area contributed by atoms with Crippen LogP contribution in [-0.4, -0.2) is 36.7 Å². The van der Waals surface area contributed by atoms with Gasteiger partial charge in [-0.05, 0) is 73.2 Å². The lowest BCUT2D eigenvalue weighted by molar-refractivity contribution is 0.0985. The molecule has 0 N–H and O–H groups in total. The number of carbonyl (C=O) groups excluding carboxylic acids is 1. The quantitative estimate of drug-likeness (QED) is 0.272. The average molecular weight is 554 g/mol. The number of halogens is 1. The molecular formula is C28H28ClN3O3S2. The molecule has 1 aliphatic heterocycles. The predicted octanol–water partition coefficient (Wildman–Crippen LogP) is 6.53. The fourth-order valence-corrected chi connectivity index (χ4v) is 7.41. The van der Waals surface area contributed by atoms with E-state index in [0.717, 1.165) is 34.2 Å². The van der Waals surface area contributed by atoms with Crippen LogP contribution in [0.1, 0.15) is 41.3 Å². The highest BCUT2D eigenvalue weighted by molar-refractivity contribution is 7.89. The number of hydrogen-bond acceptors (Lipinski definition) is 5. The molecule has 0 aliphatic carbocycles. The number of nitrogens with zero attached hydrogens (tertiary/aromatic N) is 3. The number of carbonyl (C=O) groups is 1. The van der Waals surface area contributed by atoms with Crippen molar-refractivity contribution in [2.45, 2.75) is 38.1 Å². The number of benzene rings is 3. The molecule has 0 spiro atoms. The minimum absolute atomic E-state index is 0.206. The van der Waals surface area contributed by atoms with Crippen molar-refractivity contribution < 1.29 is 13.2 Å². The van der Waals surface area contributed by atoms with Crippen LogP contribution in [0, 0.1) is 12.8 Å². The molecule has 1 aliphatic rings. The Morgan fingerprint density at radius 1 is 1.11 bits per heavy atom. The van der Waals surface area contributed by atoms with Gasteiger partial charge in [-0.15, -0.1) is 0 Å². The van der Waals surface area contributed by atoms with Crippen molar-refractivity contribution in [1.29, 1.82) is 0 Å². The molecule has 192 valence electrons. The number of hydrogen-bond donors (Lipinski definition) is 0. The van der Waals surface area contributed by atoms with E-state index in [1.54, 1.807) is 21.3 Å². The second-order valence-electron chi connectivity index (χ2n) is 9.53. The Morgan fingerprint density at radius 2 is 1.84 bits per heavy atom. The van der Waals surface area contributed by atoms with Crippen LogP contribution in [0.15, 0.2) is 71.6 Å². The highest BCUT2D eigenvalue weighted by atomic mass is 35.5. The van der Waals surface area contributed by atoms with Gasteiger partial charge in [0, 0.05) is 23.7 Å². The van der Waals surface area contributed by atoms with Crippen LogP contribution in [0.4, 0.5) is 5.13 Å². The van der Waals surface area contributed by atoms with Gasteiger partial charge in [0.05, 0.1) is 21.7 Å². The van der Waals surface area contributed by atoms with Gasteiger partial charge in [0.25, 0.3) is 5.91 Å². The Labute approximate surface area is 226 Å². The number of anilines is 1. The Bertz CT molecular complexity index is 1540. The van der Waals surface area contributed by atoms with Crippen LogP contribution in [0.2, 0.25) is 5.02 Å². The zero-order valence-electron chi connectivity index (χ0n) is 20.7. The lowest BCUT2D eigenvalue weighted by Crippen LogP contribution is -2.39. The van der Waals surface area contributed by atoms with Crippen LogP contribution >= 0.6 is 22.9 Å². The van der Waals surface area contributed by atoms with Gasteiger partial charge in [0.15, 0.2) is 5.13 Å². The first-order chi connectivity index (χ1) is 17.7. The Balaban J connectivity index is 1.48. The summed E-state index contributed by atoms with van der Waals surface area (Å²) < 4.78 is 28.9. The normalized spacial score (nSPS) is 16.7. The van der Waals surface area contributed by atoms with E-state index in [1.165, 1.54) is 23.5 Å². The summed E-state index contributed by atoms with van der Waals surface area (Å²) in [4.78, 5) is 20.4. The zero-order valence-corrected chi connectivity index (χ0v) is 23.1. The van der Waals surface area contributed by atoms with E-state index in [4.69, 9.17) is 16.6 Å². The van der Waals surface area contributed by atoms with E-state index in [1.807, 2.05) is 49.4 Å². The minimum Gasteiger partial charge on any atom is -0.279 e. The second kappa shape index (κ2) is 10.5. The van der Waals surface area contributed by atoms with Gasteiger partial charge in [0.1, 0.15) is 0 Å². The second-order valence-corrected chi connectivity index (χ2v) is 12.9. The van der Waals surface area contributed by atoms with E-state index >= 15 is 0 Å². The molecule has 0 saturated carbocycles. The summed E-state index contributed by atoms with van der Waals surface area (Å²) in [6.45, 7) is 5.37. The van der Waals surface area contributed by atoms with Gasteiger partial charge in [-0.25, -0.2) is 13.4 Å². The van der Waals surface area contributed by atoms with Gasteiger partial charge < -0.3 is 0 Å². The van der Waals surface area contributed by atoms with Gasteiger partial charge in [0.2, 0.25) is 10.0 Å². The number of fused-ring (bicyclic) bond motifs is 1. The SMILES string of the molecule is Cc1c(Cl)ccc2sc(N(Cc3ccccc3)C(=O)c3ccc(S(=O)(=O)N4CCCC(C)C4)cc3)nc12. The molecule has 1 saturated heterocycles. The molecule has 1 unspecified atom stereocenters. The zero-order chi connectivity index (χ0) is 26.2. The summed E-state index contributed by atoms with van der Waals surface area (Å²) in [6.07, 6.45) is 1.90. The summed E-state index contributed by atoms with van der Waals surface area (Å²) in [6, 6.07) is 19.7. The number of thiazole rings is 1. The minimum atomic E-state index is -3.60. The van der Waals surface area contributed by atoms with Crippen molar-refractivity contribution in [2.24, 2.45) is 5.92 Å². The number of amides is 1. The van der Waals surface area contributed by atoms with Crippen LogP contribution in [0.25, 0.3) is 10.2 Å². The topological polar surface area (TPSA) is 70.6 Å². The maximum atomic E-state index is 13.8. The largest absolute Gasteiger partial charge is 0.279 e. The monoisotopic (exact) mass is 553 g/mol. The third kappa shape index (κ3) is 5.29. The Morgan fingerprint density at radius 3 is 2.54 bits per heavy atom. The number of rotatable bonds is 6. The first-order valence-electron chi connectivity index (χ1n) is 12.3. The standard InChI is InChI=1S/C28H28ClN3O3S2/c1-19-7-6-16-31(17-19)37(34,35)23-12-10-22(11-13-23)27(33)32(18-21-8-4-3-5-9-21)28-30-26-20(2)24(29)14-15-25(26)36-28/h3-5,8-15,19H,6-7,16-18H2,1-2H3. The number of piperidine rings is 1. The first kappa shape index (κ1) is 25.9. The van der Waals surface area contributed by atoms with Crippen LogP contribution in [-0.2, 0) is 16.6 Å². The number of aryl methyl sites for hydroxylation is 1. The van der Waals surface area contributed by atoms with Crippen molar-refractivity contribution >= 4 is 54.2 Å². The van der Waals surface area contributed by atoms with E-state index in [9.17, 15) is 13.2 Å². The third-order valence-electron chi connectivity index (χ3n) is 6.75. The van der Waals surface area contributed by atoms with Gasteiger partial charge in [-0.2, -0.15) is 4.31 Å². The molecule has 2 heterocycles. The molecule has 0 bridgehead atoms. The Kier molecular flexibility index (Phi) is 7.36. The van der Waals surface area contributed by atoms with E-state index in [2.05, 4.69) is 6.92 Å². The predicted molar refractivity (Wildman–Crippen MR) is 150 cm³/mol. The van der Waals surface area contributed by atoms with Crippen LogP contribution < -0.4 is 4.90 Å². The maximum absolute atomic E-state index is 13.8. The molecule has 0 radical (unpaired) electrons. The molecule has 37 heavy (non-hydrogen) atoms. The molecule has 9 heteroatoms. The highest BCUT2D eigenvalue weighted by Gasteiger charge is 2.29. The summed E-state index contributed by atoms with van der Waals surface area (Å²) in [5, 5.41) is 1.19. The lowest BCUT2D eigenvalue weighted by Gasteiger charge is -2.30. The molecule has 6 nitrogen and oxygen atoms in total. The summed E-state index contributed by atoms with van der Waals surface area (Å²) in [5.41, 5.74) is 3.00. The van der Waals surface area contributed by atoms with Crippen molar-refractivity contribution in [3.63, 3.8) is 0 Å². The molecule has 5 rings (SSSR count). The van der Waals surface area contributed by atoms with Crippen LogP contribution in [0.5, 0.6) is 0 Å². The smallest absolute Gasteiger partial charge is 0.260 e. The van der Waals surface area contributed by atoms with Crippen molar-refractivity contribution in [3.8, 4) is 0 Å². The van der Waals surface area contributed by atoms with Crippen molar-refractivity contribution in [1.82, 2.24) is 9.29 Å². The summed E-state index contributed by atoms with van der Waals surface area (Å²) in [7, 11) is -3.60. The molecular weight excluding hydrogens is 526 g/mol. The Hall–Kier alpha value is -2.78.